The maximum Gasteiger partial charge on any atom is 0.325 e. The Hall–Kier alpha value is -3.92. The molecule has 4 rings (SSSR count). The molecule has 0 bridgehead atoms. The van der Waals surface area contributed by atoms with E-state index in [4.69, 9.17) is 21.4 Å². The Balaban J connectivity index is 1.56. The first-order valence-corrected chi connectivity index (χ1v) is 12.4. The van der Waals surface area contributed by atoms with E-state index in [0.29, 0.717) is 22.0 Å². The summed E-state index contributed by atoms with van der Waals surface area (Å²) in [6.45, 7) is 1.36. The molecule has 1 aliphatic heterocycles. The fourth-order valence-corrected chi connectivity index (χ4v) is 4.38. The van der Waals surface area contributed by atoms with Crippen LogP contribution >= 0.6 is 11.6 Å². The van der Waals surface area contributed by atoms with Gasteiger partial charge in [0.2, 0.25) is 5.91 Å². The summed E-state index contributed by atoms with van der Waals surface area (Å²) >= 11 is 6.31. The highest BCUT2D eigenvalue weighted by atomic mass is 35.5. The van der Waals surface area contributed by atoms with Gasteiger partial charge in [-0.25, -0.2) is 9.69 Å². The Labute approximate surface area is 225 Å². The van der Waals surface area contributed by atoms with Gasteiger partial charge in [-0.05, 0) is 47.9 Å². The molecule has 1 fully saturated rings. The van der Waals surface area contributed by atoms with Gasteiger partial charge in [0.25, 0.3) is 5.91 Å². The molecule has 4 N–H and O–H groups in total. The van der Waals surface area contributed by atoms with Gasteiger partial charge in [0.1, 0.15) is 30.5 Å². The van der Waals surface area contributed by atoms with E-state index in [1.807, 2.05) is 37.3 Å². The van der Waals surface area contributed by atoms with E-state index in [2.05, 4.69) is 10.6 Å². The number of imide groups is 1. The maximum atomic E-state index is 13.5. The summed E-state index contributed by atoms with van der Waals surface area (Å²) < 4.78 is 5.40. The van der Waals surface area contributed by atoms with Crippen molar-refractivity contribution in [2.75, 3.05) is 18.5 Å². The van der Waals surface area contributed by atoms with E-state index in [9.17, 15) is 19.5 Å². The summed E-state index contributed by atoms with van der Waals surface area (Å²) in [5, 5.41) is 24.1. The molecule has 9 nitrogen and oxygen atoms in total. The Bertz CT molecular complexity index is 1300. The van der Waals surface area contributed by atoms with E-state index in [0.717, 1.165) is 16.0 Å². The van der Waals surface area contributed by atoms with Crippen LogP contribution in [0.15, 0.2) is 72.8 Å². The molecule has 3 aromatic rings. The fourth-order valence-electron chi connectivity index (χ4n) is 4.09. The first kappa shape index (κ1) is 27.1. The van der Waals surface area contributed by atoms with Crippen LogP contribution in [0, 0.1) is 6.92 Å². The van der Waals surface area contributed by atoms with Gasteiger partial charge in [0.15, 0.2) is 0 Å². The molecule has 3 atom stereocenters. The smallest absolute Gasteiger partial charge is 0.325 e. The Morgan fingerprint density at radius 1 is 1.11 bits per heavy atom. The van der Waals surface area contributed by atoms with Crippen LogP contribution in [0.25, 0.3) is 0 Å². The van der Waals surface area contributed by atoms with Gasteiger partial charge in [-0.3, -0.25) is 9.59 Å². The highest BCUT2D eigenvalue weighted by molar-refractivity contribution is 6.33. The SMILES string of the molecule is Cc1ccc(NC(=O)C(Cc2ccccc2)N2C(=O)N[C@H](c3ccc(OCC(O)CO)cc3)C2=O)c(Cl)c1. The average molecular weight is 538 g/mol. The third kappa shape index (κ3) is 6.31. The molecule has 0 aliphatic carbocycles. The Morgan fingerprint density at radius 2 is 1.82 bits per heavy atom. The largest absolute Gasteiger partial charge is 0.491 e. The van der Waals surface area contributed by atoms with Gasteiger partial charge in [-0.1, -0.05) is 60.1 Å². The van der Waals surface area contributed by atoms with Crippen molar-refractivity contribution in [3.63, 3.8) is 0 Å². The van der Waals surface area contributed by atoms with E-state index in [1.54, 1.807) is 42.5 Å². The molecule has 1 saturated heterocycles. The van der Waals surface area contributed by atoms with Gasteiger partial charge >= 0.3 is 6.03 Å². The number of aliphatic hydroxyl groups is 2. The third-order valence-electron chi connectivity index (χ3n) is 6.11. The number of urea groups is 1. The van der Waals surface area contributed by atoms with Crippen LogP contribution in [0.5, 0.6) is 5.75 Å². The minimum absolute atomic E-state index is 0.0933. The van der Waals surface area contributed by atoms with Crippen molar-refractivity contribution in [1.82, 2.24) is 10.2 Å². The molecule has 38 heavy (non-hydrogen) atoms. The van der Waals surface area contributed by atoms with Crippen molar-refractivity contribution >= 4 is 35.1 Å². The zero-order valence-corrected chi connectivity index (χ0v) is 21.4. The van der Waals surface area contributed by atoms with Crippen molar-refractivity contribution in [2.24, 2.45) is 0 Å². The van der Waals surface area contributed by atoms with E-state index in [1.165, 1.54) is 0 Å². The van der Waals surface area contributed by atoms with Crippen LogP contribution in [-0.4, -0.2) is 58.3 Å². The van der Waals surface area contributed by atoms with E-state index < -0.39 is 42.6 Å². The third-order valence-corrected chi connectivity index (χ3v) is 6.42. The predicted octanol–water partition coefficient (Wildman–Crippen LogP) is 3.22. The summed E-state index contributed by atoms with van der Waals surface area (Å²) in [6, 6.07) is 17.9. The van der Waals surface area contributed by atoms with E-state index in [-0.39, 0.29) is 13.0 Å². The van der Waals surface area contributed by atoms with E-state index >= 15 is 0 Å². The molecule has 1 heterocycles. The number of ether oxygens (including phenoxy) is 1. The van der Waals surface area contributed by atoms with Gasteiger partial charge in [0.05, 0.1) is 17.3 Å². The van der Waals surface area contributed by atoms with Crippen molar-refractivity contribution < 1.29 is 29.3 Å². The lowest BCUT2D eigenvalue weighted by Crippen LogP contribution is -2.49. The maximum absolute atomic E-state index is 13.5. The second-order valence-electron chi connectivity index (χ2n) is 8.99. The number of nitrogens with zero attached hydrogens (tertiary/aromatic N) is 1. The predicted molar refractivity (Wildman–Crippen MR) is 142 cm³/mol. The molecule has 3 aromatic carbocycles. The quantitative estimate of drug-likeness (QED) is 0.294. The van der Waals surface area contributed by atoms with Gasteiger partial charge in [-0.15, -0.1) is 0 Å². The number of aliphatic hydroxyl groups excluding tert-OH is 2. The van der Waals surface area contributed by atoms with Crippen LogP contribution in [0.1, 0.15) is 22.7 Å². The van der Waals surface area contributed by atoms with Crippen molar-refractivity contribution in [3.05, 3.63) is 94.5 Å². The van der Waals surface area contributed by atoms with Crippen LogP contribution in [0.3, 0.4) is 0 Å². The van der Waals surface area contributed by atoms with Gasteiger partial charge < -0.3 is 25.6 Å². The highest BCUT2D eigenvalue weighted by Crippen LogP contribution is 2.28. The van der Waals surface area contributed by atoms with Crippen LogP contribution < -0.4 is 15.4 Å². The first-order chi connectivity index (χ1) is 18.3. The number of carbonyl (C=O) groups is 3. The van der Waals surface area contributed by atoms with Crippen molar-refractivity contribution in [2.45, 2.75) is 31.5 Å². The lowest BCUT2D eigenvalue weighted by atomic mass is 10.0. The topological polar surface area (TPSA) is 128 Å². The Kier molecular flexibility index (Phi) is 8.62. The lowest BCUT2D eigenvalue weighted by molar-refractivity contribution is -0.134. The molecule has 10 heteroatoms. The summed E-state index contributed by atoms with van der Waals surface area (Å²) in [4.78, 5) is 41.0. The monoisotopic (exact) mass is 537 g/mol. The number of halogens is 1. The molecular weight excluding hydrogens is 510 g/mol. The molecule has 0 aromatic heterocycles. The lowest BCUT2D eigenvalue weighted by Gasteiger charge is -2.25. The number of amides is 4. The van der Waals surface area contributed by atoms with Crippen LogP contribution in [-0.2, 0) is 16.0 Å². The fraction of sp³-hybridized carbons (Fsp3) is 0.250. The number of nitrogens with one attached hydrogen (secondary N) is 2. The minimum Gasteiger partial charge on any atom is -0.491 e. The molecule has 198 valence electrons. The number of rotatable bonds is 10. The standard InChI is InChI=1S/C28H28ClN3O6/c1-17-7-12-23(22(29)13-17)30-26(35)24(14-18-5-3-2-4-6-18)32-27(36)25(31-28(32)37)19-8-10-21(11-9-19)38-16-20(34)15-33/h2-13,20,24-25,33-34H,14-16H2,1H3,(H,30,35)(H,31,37)/t20?,24?,25-/m1/s1. The van der Waals surface area contributed by atoms with Crippen LogP contribution in [0.2, 0.25) is 5.02 Å². The van der Waals surface area contributed by atoms with Gasteiger partial charge in [0, 0.05) is 6.42 Å². The molecule has 0 saturated carbocycles. The van der Waals surface area contributed by atoms with Gasteiger partial charge in [-0.2, -0.15) is 0 Å². The number of carbonyl (C=O) groups excluding carboxylic acids is 3. The normalized spacial score (nSPS) is 16.6. The Morgan fingerprint density at radius 3 is 2.47 bits per heavy atom. The summed E-state index contributed by atoms with van der Waals surface area (Å²) in [7, 11) is 0. The second-order valence-corrected chi connectivity index (χ2v) is 9.39. The molecule has 0 spiro atoms. The number of anilines is 1. The minimum atomic E-state index is -1.13. The number of aryl methyl sites for hydroxylation is 1. The second kappa shape index (κ2) is 12.1. The number of hydrogen-bond donors (Lipinski definition) is 4. The molecular formula is C28H28ClN3O6. The zero-order valence-electron chi connectivity index (χ0n) is 20.6. The van der Waals surface area contributed by atoms with Crippen LogP contribution in [0.4, 0.5) is 10.5 Å². The summed E-state index contributed by atoms with van der Waals surface area (Å²) in [6.07, 6.45) is -0.899. The van der Waals surface area contributed by atoms with Crippen molar-refractivity contribution in [1.29, 1.82) is 0 Å². The number of hydrogen-bond acceptors (Lipinski definition) is 6. The molecule has 0 radical (unpaired) electrons. The first-order valence-electron chi connectivity index (χ1n) is 12.0. The highest BCUT2D eigenvalue weighted by Gasteiger charge is 2.45. The zero-order chi connectivity index (χ0) is 27.2. The molecule has 4 amide bonds. The van der Waals surface area contributed by atoms with Crippen molar-refractivity contribution in [3.8, 4) is 5.75 Å². The average Bonchev–Trinajstić information content (AvgIpc) is 3.21. The molecule has 1 aliphatic rings. The number of benzene rings is 3. The summed E-state index contributed by atoms with van der Waals surface area (Å²) in [5.41, 5.74) is 2.58. The summed E-state index contributed by atoms with van der Waals surface area (Å²) in [5.74, 6) is -0.688. The molecule has 2 unspecified atom stereocenters.